The molecule has 6 nitrogen and oxygen atoms in total. The van der Waals surface area contributed by atoms with Crippen molar-refractivity contribution in [3.05, 3.63) is 84.4 Å². The molecule has 1 aliphatic rings. The SMILES string of the molecule is c1ccc(CCNC(=NCCc2ccco2)NC2CCN(c3ccccn3)CC2)cc1. The lowest BCUT2D eigenvalue weighted by Gasteiger charge is -2.33. The van der Waals surface area contributed by atoms with Gasteiger partial charge in [0.2, 0.25) is 0 Å². The van der Waals surface area contributed by atoms with Crippen LogP contribution in [0.5, 0.6) is 0 Å². The molecule has 1 aromatic carbocycles. The predicted molar refractivity (Wildman–Crippen MR) is 125 cm³/mol. The number of rotatable bonds is 8. The van der Waals surface area contributed by atoms with Crippen molar-refractivity contribution in [3.8, 4) is 0 Å². The number of aliphatic imine (C=N–C) groups is 1. The van der Waals surface area contributed by atoms with E-state index in [-0.39, 0.29) is 0 Å². The number of nitrogens with one attached hydrogen (secondary N) is 2. The van der Waals surface area contributed by atoms with Gasteiger partial charge in [0.05, 0.1) is 6.26 Å². The Kier molecular flexibility index (Phi) is 7.58. The number of anilines is 1. The fourth-order valence-corrected chi connectivity index (χ4v) is 3.84. The third-order valence-corrected chi connectivity index (χ3v) is 5.57. The van der Waals surface area contributed by atoms with Crippen LogP contribution in [0.3, 0.4) is 0 Å². The maximum atomic E-state index is 5.44. The predicted octanol–water partition coefficient (Wildman–Crippen LogP) is 3.66. The van der Waals surface area contributed by atoms with E-state index >= 15 is 0 Å². The zero-order chi connectivity index (χ0) is 21.1. The number of hydrogen-bond donors (Lipinski definition) is 2. The van der Waals surface area contributed by atoms with E-state index in [2.05, 4.69) is 56.9 Å². The first-order chi connectivity index (χ1) is 15.4. The first-order valence-electron chi connectivity index (χ1n) is 11.1. The lowest BCUT2D eigenvalue weighted by atomic mass is 10.1. The summed E-state index contributed by atoms with van der Waals surface area (Å²) in [6, 6.07) is 21.0. The third kappa shape index (κ3) is 6.60. The lowest BCUT2D eigenvalue weighted by Crippen LogP contribution is -2.49. The fourth-order valence-electron chi connectivity index (χ4n) is 3.84. The van der Waals surface area contributed by atoms with Crippen LogP contribution >= 0.6 is 0 Å². The van der Waals surface area contributed by atoms with Gasteiger partial charge in [-0.3, -0.25) is 4.99 Å². The Morgan fingerprint density at radius 2 is 1.84 bits per heavy atom. The van der Waals surface area contributed by atoms with Crippen molar-refractivity contribution in [2.24, 2.45) is 4.99 Å². The average Bonchev–Trinajstić information content (AvgIpc) is 3.34. The van der Waals surface area contributed by atoms with Crippen LogP contribution in [0.25, 0.3) is 0 Å². The van der Waals surface area contributed by atoms with Gasteiger partial charge in [0.25, 0.3) is 0 Å². The van der Waals surface area contributed by atoms with Gasteiger partial charge >= 0.3 is 0 Å². The first kappa shape index (κ1) is 21.0. The summed E-state index contributed by atoms with van der Waals surface area (Å²) in [6.45, 7) is 3.54. The molecule has 1 aliphatic heterocycles. The van der Waals surface area contributed by atoms with E-state index in [4.69, 9.17) is 9.41 Å². The monoisotopic (exact) mass is 417 g/mol. The van der Waals surface area contributed by atoms with Gasteiger partial charge in [0.1, 0.15) is 11.6 Å². The van der Waals surface area contributed by atoms with Crippen LogP contribution in [0.1, 0.15) is 24.2 Å². The maximum Gasteiger partial charge on any atom is 0.191 e. The summed E-state index contributed by atoms with van der Waals surface area (Å²) in [4.78, 5) is 11.6. The summed E-state index contributed by atoms with van der Waals surface area (Å²) < 4.78 is 5.44. The average molecular weight is 418 g/mol. The number of guanidine groups is 1. The van der Waals surface area contributed by atoms with Crippen molar-refractivity contribution in [3.63, 3.8) is 0 Å². The Morgan fingerprint density at radius 1 is 1.00 bits per heavy atom. The molecule has 0 saturated carbocycles. The molecule has 0 amide bonds. The molecule has 2 aromatic heterocycles. The summed E-state index contributed by atoms with van der Waals surface area (Å²) in [5, 5.41) is 7.18. The molecule has 31 heavy (non-hydrogen) atoms. The fraction of sp³-hybridized carbons (Fsp3) is 0.360. The number of hydrogen-bond acceptors (Lipinski definition) is 4. The number of aromatic nitrogens is 1. The molecule has 6 heteroatoms. The van der Waals surface area contributed by atoms with Gasteiger partial charge in [-0.15, -0.1) is 0 Å². The Hall–Kier alpha value is -3.28. The maximum absolute atomic E-state index is 5.44. The molecular formula is C25H31N5O. The minimum Gasteiger partial charge on any atom is -0.469 e. The molecule has 0 unspecified atom stereocenters. The van der Waals surface area contributed by atoms with Gasteiger partial charge in [-0.1, -0.05) is 36.4 Å². The van der Waals surface area contributed by atoms with Crippen LogP contribution < -0.4 is 15.5 Å². The number of pyridine rings is 1. The van der Waals surface area contributed by atoms with Gasteiger partial charge in [-0.05, 0) is 49.1 Å². The molecule has 2 N–H and O–H groups in total. The molecule has 3 heterocycles. The molecule has 162 valence electrons. The summed E-state index contributed by atoms with van der Waals surface area (Å²) >= 11 is 0. The normalized spacial score (nSPS) is 15.1. The van der Waals surface area contributed by atoms with Crippen molar-refractivity contribution in [2.45, 2.75) is 31.7 Å². The summed E-state index contributed by atoms with van der Waals surface area (Å²) in [5.74, 6) is 2.92. The lowest BCUT2D eigenvalue weighted by molar-refractivity contribution is 0.459. The van der Waals surface area contributed by atoms with E-state index in [1.54, 1.807) is 6.26 Å². The highest BCUT2D eigenvalue weighted by Gasteiger charge is 2.20. The molecule has 0 spiro atoms. The second-order valence-electron chi connectivity index (χ2n) is 7.82. The number of benzene rings is 1. The Balaban J connectivity index is 1.30. The van der Waals surface area contributed by atoms with E-state index in [1.165, 1.54) is 5.56 Å². The minimum atomic E-state index is 0.409. The van der Waals surface area contributed by atoms with Gasteiger partial charge in [0.15, 0.2) is 5.96 Å². The minimum absolute atomic E-state index is 0.409. The molecule has 1 fully saturated rings. The van der Waals surface area contributed by atoms with Crippen LogP contribution in [0.2, 0.25) is 0 Å². The van der Waals surface area contributed by atoms with Crippen molar-refractivity contribution in [1.82, 2.24) is 15.6 Å². The van der Waals surface area contributed by atoms with Crippen molar-refractivity contribution in [2.75, 3.05) is 31.1 Å². The number of piperidine rings is 1. The quantitative estimate of drug-likeness (QED) is 0.433. The van der Waals surface area contributed by atoms with Crippen LogP contribution in [-0.4, -0.2) is 43.2 Å². The Bertz CT molecular complexity index is 904. The molecule has 0 radical (unpaired) electrons. The van der Waals surface area contributed by atoms with E-state index < -0.39 is 0 Å². The molecule has 0 aliphatic carbocycles. The van der Waals surface area contributed by atoms with Crippen LogP contribution in [-0.2, 0) is 12.8 Å². The van der Waals surface area contributed by atoms with Gasteiger partial charge < -0.3 is 20.0 Å². The summed E-state index contributed by atoms with van der Waals surface area (Å²) in [7, 11) is 0. The first-order valence-corrected chi connectivity index (χ1v) is 11.1. The van der Waals surface area contributed by atoms with E-state index in [9.17, 15) is 0 Å². The van der Waals surface area contributed by atoms with Crippen molar-refractivity contribution < 1.29 is 4.42 Å². The zero-order valence-corrected chi connectivity index (χ0v) is 17.9. The zero-order valence-electron chi connectivity index (χ0n) is 17.9. The molecule has 4 rings (SSSR count). The van der Waals surface area contributed by atoms with Crippen LogP contribution in [0, 0.1) is 0 Å². The molecule has 0 atom stereocenters. The van der Waals surface area contributed by atoms with Gasteiger partial charge in [-0.2, -0.15) is 0 Å². The topological polar surface area (TPSA) is 65.7 Å². The highest BCUT2D eigenvalue weighted by Crippen LogP contribution is 2.17. The van der Waals surface area contributed by atoms with Crippen molar-refractivity contribution >= 4 is 11.8 Å². The summed E-state index contributed by atoms with van der Waals surface area (Å²) in [6.07, 6.45) is 7.47. The molecule has 1 saturated heterocycles. The Morgan fingerprint density at radius 3 is 2.58 bits per heavy atom. The Labute approximate surface area is 184 Å². The molecule has 0 bridgehead atoms. The standard InChI is InChI=1S/C25H31N5O/c1-2-7-21(8-3-1)11-16-27-25(28-17-12-23-9-6-20-31-23)29-22-13-18-30(19-14-22)24-10-4-5-15-26-24/h1-10,15,20,22H,11-14,16-19H2,(H2,27,28,29). The number of furan rings is 1. The molecule has 3 aromatic rings. The summed E-state index contributed by atoms with van der Waals surface area (Å²) in [5.41, 5.74) is 1.33. The van der Waals surface area contributed by atoms with Gasteiger partial charge in [-0.25, -0.2) is 4.98 Å². The van der Waals surface area contributed by atoms with E-state index in [0.717, 1.165) is 62.9 Å². The number of nitrogens with zero attached hydrogens (tertiary/aromatic N) is 3. The van der Waals surface area contributed by atoms with E-state index in [0.29, 0.717) is 12.6 Å². The van der Waals surface area contributed by atoms with Crippen LogP contribution in [0.4, 0.5) is 5.82 Å². The molecular weight excluding hydrogens is 386 g/mol. The smallest absolute Gasteiger partial charge is 0.191 e. The van der Waals surface area contributed by atoms with Crippen LogP contribution in [0.15, 0.2) is 82.5 Å². The van der Waals surface area contributed by atoms with Crippen molar-refractivity contribution in [1.29, 1.82) is 0 Å². The third-order valence-electron chi connectivity index (χ3n) is 5.57. The highest BCUT2D eigenvalue weighted by molar-refractivity contribution is 5.80. The van der Waals surface area contributed by atoms with E-state index in [1.807, 2.05) is 30.5 Å². The second kappa shape index (κ2) is 11.2. The second-order valence-corrected chi connectivity index (χ2v) is 7.82. The largest absolute Gasteiger partial charge is 0.469 e. The van der Waals surface area contributed by atoms with Gasteiger partial charge in [0, 0.05) is 44.8 Å². The highest BCUT2D eigenvalue weighted by atomic mass is 16.3.